The fourth-order valence-electron chi connectivity index (χ4n) is 8.85. The van der Waals surface area contributed by atoms with E-state index in [9.17, 15) is 39.2 Å². The Morgan fingerprint density at radius 1 is 1.15 bits per heavy atom. The number of ether oxygens (including phenoxy) is 3. The van der Waals surface area contributed by atoms with Crippen LogP contribution in [0.25, 0.3) is 0 Å². The van der Waals surface area contributed by atoms with E-state index in [-0.39, 0.29) is 44.7 Å². The summed E-state index contributed by atoms with van der Waals surface area (Å²) in [5, 5.41) is 20.9. The third-order valence-corrected chi connectivity index (χ3v) is 11.2. The van der Waals surface area contributed by atoms with Gasteiger partial charge in [0.25, 0.3) is 5.09 Å². The summed E-state index contributed by atoms with van der Waals surface area (Å²) in [4.78, 5) is 78.5. The fourth-order valence-corrected chi connectivity index (χ4v) is 8.85. The van der Waals surface area contributed by atoms with E-state index in [0.717, 1.165) is 0 Å². The number of aliphatic hydroxyl groups excluding tert-OH is 1. The molecule has 0 amide bonds. The minimum absolute atomic E-state index is 0.0634. The Bertz CT molecular complexity index is 1400. The molecule has 3 saturated carbocycles. The van der Waals surface area contributed by atoms with E-state index in [4.69, 9.17) is 19.9 Å². The van der Waals surface area contributed by atoms with Gasteiger partial charge in [0.05, 0.1) is 25.7 Å². The van der Waals surface area contributed by atoms with Crippen LogP contribution in [0.15, 0.2) is 23.8 Å². The van der Waals surface area contributed by atoms with Crippen LogP contribution >= 0.6 is 0 Å². The molecule has 14 nitrogen and oxygen atoms in total. The Hall–Kier alpha value is -3.72. The first kappa shape index (κ1) is 37.1. The average molecular weight is 681 g/mol. The zero-order chi connectivity index (χ0) is 35.7. The van der Waals surface area contributed by atoms with Gasteiger partial charge in [-0.05, 0) is 63.5 Å². The predicted octanol–water partition coefficient (Wildman–Crippen LogP) is 2.66. The summed E-state index contributed by atoms with van der Waals surface area (Å²) in [5.41, 5.74) is -0.106. The molecule has 0 heterocycles. The Morgan fingerprint density at radius 3 is 2.50 bits per heavy atom. The molecule has 0 saturated heterocycles. The third kappa shape index (κ3) is 6.26. The molecular weight excluding hydrogens is 635 g/mol. The largest absolute Gasteiger partial charge is 0.465 e. The molecule has 4 aliphatic carbocycles. The number of Topliss-reactive ketones (excluding diaryl/α,β-unsaturated/α-hetero) is 1. The predicted molar refractivity (Wildman–Crippen MR) is 164 cm³/mol. The summed E-state index contributed by atoms with van der Waals surface area (Å²) in [7, 11) is 0. The molecule has 15 heteroatoms. The number of carbonyl (C=O) groups is 5. The maximum absolute atomic E-state index is 17.6. The molecule has 0 aromatic heterocycles. The van der Waals surface area contributed by atoms with Crippen molar-refractivity contribution in [2.24, 2.45) is 34.3 Å². The monoisotopic (exact) mass is 680 g/mol. The summed E-state index contributed by atoms with van der Waals surface area (Å²) in [6.07, 6.45) is 3.32. The van der Waals surface area contributed by atoms with Crippen molar-refractivity contribution >= 4 is 29.5 Å². The molecule has 0 bridgehead atoms. The van der Waals surface area contributed by atoms with Gasteiger partial charge < -0.3 is 29.9 Å². The number of unbranched alkanes of at least 4 members (excludes halogenated alkanes) is 1. The molecule has 48 heavy (non-hydrogen) atoms. The number of carbonyl (C=O) groups excluding carboxylic acids is 5. The molecule has 3 fully saturated rings. The van der Waals surface area contributed by atoms with Crippen molar-refractivity contribution in [3.05, 3.63) is 33.9 Å². The van der Waals surface area contributed by atoms with E-state index in [0.29, 0.717) is 24.8 Å². The van der Waals surface area contributed by atoms with E-state index in [1.165, 1.54) is 18.2 Å². The SMILES string of the molecule is CCC(=O)O[C@]1(C(=O)COC(=O)CC(N)C(=O)OCCCCO[N+](=O)[O-])[C@@H](C)CC2C3CCC4=CC(=O)C=C[C@]4(C)[C@@]3(F)[C@@H](O)C[C@@]21C. The Morgan fingerprint density at radius 2 is 1.83 bits per heavy atom. The van der Waals surface area contributed by atoms with E-state index < -0.39 is 93.8 Å². The van der Waals surface area contributed by atoms with Gasteiger partial charge >= 0.3 is 17.9 Å². The Labute approximate surface area is 277 Å². The van der Waals surface area contributed by atoms with Gasteiger partial charge in [0.15, 0.2) is 23.7 Å². The highest BCUT2D eigenvalue weighted by Gasteiger charge is 2.77. The standard InChI is InChI=1S/C33H45FN2O12/c1-5-27(40)48-33(26(39)18-46-28(41)16-24(35)29(42)45-12-6-7-13-47-36(43)44)19(2)14-23-22-9-8-20-15-21(37)10-11-30(20,3)32(22,34)25(38)17-31(23,33)4/h10-11,15,19,22-25,38H,5-9,12-14,16-18,35H2,1-4H3/t19-,22?,23?,24?,25-,30-,31-,32-,33-/m0/s1. The number of aliphatic hydroxyl groups is 1. The minimum atomic E-state index is -2.16. The van der Waals surface area contributed by atoms with Crippen molar-refractivity contribution < 1.29 is 57.6 Å². The number of alkyl halides is 1. The molecule has 3 unspecified atom stereocenters. The third-order valence-electron chi connectivity index (χ3n) is 11.2. The van der Waals surface area contributed by atoms with Crippen LogP contribution in [-0.2, 0) is 43.0 Å². The summed E-state index contributed by atoms with van der Waals surface area (Å²) in [5.74, 6) is -5.43. The topological polar surface area (TPSA) is 212 Å². The molecule has 4 rings (SSSR count). The Kier molecular flexibility index (Phi) is 10.8. The number of fused-ring (bicyclic) bond motifs is 5. The molecule has 0 spiro atoms. The minimum Gasteiger partial charge on any atom is -0.465 e. The lowest BCUT2D eigenvalue weighted by atomic mass is 9.44. The number of ketones is 2. The van der Waals surface area contributed by atoms with Crippen molar-refractivity contribution in [3.63, 3.8) is 0 Å². The summed E-state index contributed by atoms with van der Waals surface area (Å²) >= 11 is 0. The van der Waals surface area contributed by atoms with Crippen LogP contribution in [0.4, 0.5) is 4.39 Å². The van der Waals surface area contributed by atoms with Crippen LogP contribution in [-0.4, -0.2) is 82.9 Å². The van der Waals surface area contributed by atoms with Crippen LogP contribution < -0.4 is 5.73 Å². The molecule has 4 aliphatic rings. The number of nitrogens with zero attached hydrogens (tertiary/aromatic N) is 1. The van der Waals surface area contributed by atoms with Gasteiger partial charge in [0.1, 0.15) is 6.04 Å². The van der Waals surface area contributed by atoms with Gasteiger partial charge in [0.2, 0.25) is 5.78 Å². The first-order chi connectivity index (χ1) is 22.5. The average Bonchev–Trinajstić information content (AvgIpc) is 3.24. The second-order valence-electron chi connectivity index (χ2n) is 13.8. The van der Waals surface area contributed by atoms with E-state index in [1.54, 1.807) is 27.7 Å². The van der Waals surface area contributed by atoms with Crippen molar-refractivity contribution in [3.8, 4) is 0 Å². The highest BCUT2D eigenvalue weighted by Crippen LogP contribution is 2.71. The number of hydrogen-bond donors (Lipinski definition) is 2. The van der Waals surface area contributed by atoms with Crippen molar-refractivity contribution in [2.75, 3.05) is 19.8 Å². The van der Waals surface area contributed by atoms with Gasteiger partial charge in [-0.15, -0.1) is 10.1 Å². The highest BCUT2D eigenvalue weighted by molar-refractivity contribution is 6.01. The van der Waals surface area contributed by atoms with Crippen molar-refractivity contribution in [2.45, 2.75) is 102 Å². The Balaban J connectivity index is 1.49. The molecule has 9 atom stereocenters. The lowest BCUT2D eigenvalue weighted by Gasteiger charge is -2.62. The zero-order valence-electron chi connectivity index (χ0n) is 27.7. The van der Waals surface area contributed by atoms with Crippen LogP contribution in [0.5, 0.6) is 0 Å². The molecule has 0 radical (unpaired) electrons. The molecule has 0 aromatic rings. The first-order valence-electron chi connectivity index (χ1n) is 16.4. The normalized spacial score (nSPS) is 35.6. The van der Waals surface area contributed by atoms with Crippen LogP contribution in [0.2, 0.25) is 0 Å². The number of hydrogen-bond acceptors (Lipinski definition) is 13. The second-order valence-corrected chi connectivity index (χ2v) is 13.8. The van der Waals surface area contributed by atoms with Crippen LogP contribution in [0, 0.1) is 38.7 Å². The van der Waals surface area contributed by atoms with Gasteiger partial charge in [-0.25, -0.2) is 4.39 Å². The molecule has 0 aliphatic heterocycles. The van der Waals surface area contributed by atoms with Gasteiger partial charge in [-0.2, -0.15) is 0 Å². The number of allylic oxidation sites excluding steroid dienone is 4. The van der Waals surface area contributed by atoms with E-state index in [2.05, 4.69) is 4.84 Å². The molecule has 0 aromatic carbocycles. The van der Waals surface area contributed by atoms with Gasteiger partial charge in [-0.1, -0.05) is 32.4 Å². The maximum atomic E-state index is 17.6. The zero-order valence-corrected chi connectivity index (χ0v) is 27.7. The van der Waals surface area contributed by atoms with E-state index >= 15 is 4.39 Å². The quantitative estimate of drug-likeness (QED) is 0.0889. The van der Waals surface area contributed by atoms with E-state index in [1.807, 2.05) is 0 Å². The molecule has 3 N–H and O–H groups in total. The van der Waals surface area contributed by atoms with Crippen LogP contribution in [0.3, 0.4) is 0 Å². The summed E-state index contributed by atoms with van der Waals surface area (Å²) in [6.45, 7) is 5.59. The summed E-state index contributed by atoms with van der Waals surface area (Å²) < 4.78 is 33.8. The highest BCUT2D eigenvalue weighted by atomic mass is 19.1. The smallest absolute Gasteiger partial charge is 0.323 e. The lowest BCUT2D eigenvalue weighted by molar-refractivity contribution is -0.757. The number of rotatable bonds is 14. The summed E-state index contributed by atoms with van der Waals surface area (Å²) in [6, 6.07) is -1.41. The van der Waals surface area contributed by atoms with Gasteiger partial charge in [0, 0.05) is 29.1 Å². The maximum Gasteiger partial charge on any atom is 0.323 e. The number of nitrogens with two attached hydrogens (primary N) is 1. The number of halogens is 1. The number of esters is 3. The molecule has 266 valence electrons. The second kappa shape index (κ2) is 14.0. The van der Waals surface area contributed by atoms with Crippen molar-refractivity contribution in [1.29, 1.82) is 0 Å². The first-order valence-corrected chi connectivity index (χ1v) is 16.4. The molecular formula is C33H45FN2O12. The fraction of sp³-hybridized carbons (Fsp3) is 0.727. The van der Waals surface area contributed by atoms with Crippen LogP contribution in [0.1, 0.15) is 79.1 Å². The van der Waals surface area contributed by atoms with Gasteiger partial charge in [-0.3, -0.25) is 24.0 Å². The van der Waals surface area contributed by atoms with Crippen molar-refractivity contribution in [1.82, 2.24) is 0 Å². The lowest BCUT2D eigenvalue weighted by Crippen LogP contribution is -2.70.